The van der Waals surface area contributed by atoms with Crippen molar-refractivity contribution in [2.75, 3.05) is 12.3 Å². The molecule has 86 valence electrons. The maximum absolute atomic E-state index is 5.91. The molecule has 0 atom stereocenters. The number of nitrogens with zero attached hydrogens (tertiary/aromatic N) is 1. The van der Waals surface area contributed by atoms with Crippen LogP contribution in [0.25, 0.3) is 0 Å². The van der Waals surface area contributed by atoms with Crippen LogP contribution in [0.1, 0.15) is 25.0 Å². The Hall–Kier alpha value is -0.780. The number of nitrogen functional groups attached to an aromatic ring is 1. The number of ether oxygens (including phenoxy) is 1. The Morgan fingerprint density at radius 1 is 1.44 bits per heavy atom. The molecule has 0 aromatic heterocycles. The Kier molecular flexibility index (Phi) is 2.86. The van der Waals surface area contributed by atoms with Gasteiger partial charge in [0.15, 0.2) is 0 Å². The van der Waals surface area contributed by atoms with Gasteiger partial charge in [0.2, 0.25) is 5.90 Å². The van der Waals surface area contributed by atoms with E-state index in [2.05, 4.69) is 47.5 Å². The normalized spacial score (nSPS) is 18.1. The van der Waals surface area contributed by atoms with Crippen molar-refractivity contribution in [3.63, 3.8) is 0 Å². The van der Waals surface area contributed by atoms with Gasteiger partial charge in [0, 0.05) is 14.8 Å². The van der Waals surface area contributed by atoms with Gasteiger partial charge < -0.3 is 10.5 Å². The van der Waals surface area contributed by atoms with E-state index in [0.29, 0.717) is 12.5 Å². The second kappa shape index (κ2) is 3.91. The molecule has 1 heterocycles. The van der Waals surface area contributed by atoms with Crippen LogP contribution in [0, 0.1) is 10.5 Å². The highest BCUT2D eigenvalue weighted by molar-refractivity contribution is 14.1. The van der Waals surface area contributed by atoms with E-state index in [9.17, 15) is 0 Å². The van der Waals surface area contributed by atoms with Gasteiger partial charge in [-0.1, -0.05) is 0 Å². The summed E-state index contributed by atoms with van der Waals surface area (Å²) in [5.41, 5.74) is 8.71. The Morgan fingerprint density at radius 2 is 2.12 bits per heavy atom. The summed E-state index contributed by atoms with van der Waals surface area (Å²) < 4.78 is 6.69. The number of benzene rings is 1. The zero-order chi connectivity index (χ0) is 11.9. The Balaban J connectivity index is 2.46. The minimum absolute atomic E-state index is 0.125. The van der Waals surface area contributed by atoms with Crippen LogP contribution in [-0.2, 0) is 4.74 Å². The molecule has 1 aromatic carbocycles. The van der Waals surface area contributed by atoms with E-state index in [1.807, 2.05) is 13.0 Å². The van der Waals surface area contributed by atoms with E-state index < -0.39 is 0 Å². The lowest BCUT2D eigenvalue weighted by atomic mass is 10.1. The maximum atomic E-state index is 5.91. The van der Waals surface area contributed by atoms with E-state index in [1.165, 1.54) is 0 Å². The summed E-state index contributed by atoms with van der Waals surface area (Å²) in [5.74, 6) is 0.714. The summed E-state index contributed by atoms with van der Waals surface area (Å²) >= 11 is 2.23. The average Bonchev–Trinajstić information content (AvgIpc) is 2.52. The molecule has 1 aliphatic rings. The van der Waals surface area contributed by atoms with Crippen LogP contribution in [0.5, 0.6) is 0 Å². The second-order valence-corrected chi connectivity index (χ2v) is 5.87. The summed E-state index contributed by atoms with van der Waals surface area (Å²) in [7, 11) is 0. The van der Waals surface area contributed by atoms with E-state index in [1.54, 1.807) is 0 Å². The number of hydrogen-bond acceptors (Lipinski definition) is 3. The third kappa shape index (κ3) is 2.16. The van der Waals surface area contributed by atoms with Crippen LogP contribution in [0.4, 0.5) is 5.69 Å². The zero-order valence-corrected chi connectivity index (χ0v) is 11.8. The summed E-state index contributed by atoms with van der Waals surface area (Å²) in [5, 5.41) is 0. The SMILES string of the molecule is Cc1cc(I)c(N)cc1C1=NC(C)(C)CO1. The van der Waals surface area contributed by atoms with E-state index in [4.69, 9.17) is 10.5 Å². The van der Waals surface area contributed by atoms with Gasteiger partial charge in [-0.25, -0.2) is 4.99 Å². The zero-order valence-electron chi connectivity index (χ0n) is 9.67. The fraction of sp³-hybridized carbons (Fsp3) is 0.417. The van der Waals surface area contributed by atoms with Gasteiger partial charge in [-0.3, -0.25) is 0 Å². The van der Waals surface area contributed by atoms with Crippen molar-refractivity contribution in [3.8, 4) is 0 Å². The molecule has 0 fully saturated rings. The largest absolute Gasteiger partial charge is 0.475 e. The molecule has 2 N–H and O–H groups in total. The van der Waals surface area contributed by atoms with Gasteiger partial charge in [-0.05, 0) is 61.1 Å². The minimum atomic E-state index is -0.125. The molecule has 16 heavy (non-hydrogen) atoms. The summed E-state index contributed by atoms with van der Waals surface area (Å²) in [6.07, 6.45) is 0. The number of aryl methyl sites for hydroxylation is 1. The lowest BCUT2D eigenvalue weighted by Gasteiger charge is -2.08. The molecule has 1 aromatic rings. The monoisotopic (exact) mass is 330 g/mol. The minimum Gasteiger partial charge on any atom is -0.475 e. The number of anilines is 1. The predicted molar refractivity (Wildman–Crippen MR) is 74.9 cm³/mol. The summed E-state index contributed by atoms with van der Waals surface area (Å²) in [6, 6.07) is 4.00. The Morgan fingerprint density at radius 3 is 2.69 bits per heavy atom. The van der Waals surface area contributed by atoms with Crippen molar-refractivity contribution in [3.05, 3.63) is 26.8 Å². The molecule has 0 spiro atoms. The number of rotatable bonds is 1. The van der Waals surface area contributed by atoms with Crippen LogP contribution in [0.15, 0.2) is 17.1 Å². The molecular weight excluding hydrogens is 315 g/mol. The molecule has 0 bridgehead atoms. The first kappa shape index (κ1) is 11.7. The molecule has 0 unspecified atom stereocenters. The molecule has 0 amide bonds. The van der Waals surface area contributed by atoms with Crippen molar-refractivity contribution in [2.45, 2.75) is 26.3 Å². The Bertz CT molecular complexity index is 466. The smallest absolute Gasteiger partial charge is 0.217 e. The van der Waals surface area contributed by atoms with Crippen LogP contribution in [0.3, 0.4) is 0 Å². The van der Waals surface area contributed by atoms with Gasteiger partial charge in [-0.2, -0.15) is 0 Å². The summed E-state index contributed by atoms with van der Waals surface area (Å²) in [6.45, 7) is 6.80. The predicted octanol–water partition coefficient (Wildman–Crippen LogP) is 2.74. The first-order chi connectivity index (χ1) is 7.39. The molecule has 2 rings (SSSR count). The fourth-order valence-corrected chi connectivity index (χ4v) is 2.27. The molecule has 4 heteroatoms. The van der Waals surface area contributed by atoms with Crippen molar-refractivity contribution in [1.82, 2.24) is 0 Å². The van der Waals surface area contributed by atoms with Crippen LogP contribution >= 0.6 is 22.6 Å². The van der Waals surface area contributed by atoms with Gasteiger partial charge >= 0.3 is 0 Å². The van der Waals surface area contributed by atoms with Crippen LogP contribution in [0.2, 0.25) is 0 Å². The highest BCUT2D eigenvalue weighted by atomic mass is 127. The standard InChI is InChI=1S/C12H15IN2O/c1-7-4-9(13)10(14)5-8(7)11-15-12(2,3)6-16-11/h4-5H,6,14H2,1-3H3. The second-order valence-electron chi connectivity index (χ2n) is 4.71. The van der Waals surface area contributed by atoms with Crippen molar-refractivity contribution < 1.29 is 4.74 Å². The quantitative estimate of drug-likeness (QED) is 0.636. The Labute approximate surface area is 109 Å². The number of halogens is 1. The van der Waals surface area contributed by atoms with Crippen molar-refractivity contribution >= 4 is 34.2 Å². The molecule has 0 saturated carbocycles. The van der Waals surface area contributed by atoms with Crippen molar-refractivity contribution in [2.24, 2.45) is 4.99 Å². The maximum Gasteiger partial charge on any atom is 0.217 e. The van der Waals surface area contributed by atoms with Gasteiger partial charge in [-0.15, -0.1) is 0 Å². The number of hydrogen-bond donors (Lipinski definition) is 1. The van der Waals surface area contributed by atoms with Crippen molar-refractivity contribution in [1.29, 1.82) is 0 Å². The lowest BCUT2D eigenvalue weighted by molar-refractivity contribution is 0.279. The van der Waals surface area contributed by atoms with Gasteiger partial charge in [0.25, 0.3) is 0 Å². The highest BCUT2D eigenvalue weighted by Crippen LogP contribution is 2.26. The molecule has 3 nitrogen and oxygen atoms in total. The third-order valence-electron chi connectivity index (χ3n) is 2.54. The fourth-order valence-electron chi connectivity index (χ4n) is 1.64. The lowest BCUT2D eigenvalue weighted by Crippen LogP contribution is -2.17. The van der Waals surface area contributed by atoms with Gasteiger partial charge in [0.1, 0.15) is 6.61 Å². The van der Waals surface area contributed by atoms with E-state index >= 15 is 0 Å². The summed E-state index contributed by atoms with van der Waals surface area (Å²) in [4.78, 5) is 4.56. The van der Waals surface area contributed by atoms with Crippen LogP contribution in [-0.4, -0.2) is 18.0 Å². The number of aliphatic imine (C=N–C) groups is 1. The first-order valence-electron chi connectivity index (χ1n) is 5.18. The van der Waals surface area contributed by atoms with E-state index in [0.717, 1.165) is 20.4 Å². The molecular formula is C12H15IN2O. The third-order valence-corrected chi connectivity index (χ3v) is 3.47. The van der Waals surface area contributed by atoms with Gasteiger partial charge in [0.05, 0.1) is 5.54 Å². The molecule has 0 aliphatic carbocycles. The number of nitrogens with two attached hydrogens (primary N) is 1. The highest BCUT2D eigenvalue weighted by Gasteiger charge is 2.27. The molecule has 0 radical (unpaired) electrons. The first-order valence-corrected chi connectivity index (χ1v) is 6.25. The topological polar surface area (TPSA) is 47.6 Å². The van der Waals surface area contributed by atoms with Crippen LogP contribution < -0.4 is 5.73 Å². The average molecular weight is 330 g/mol. The van der Waals surface area contributed by atoms with E-state index in [-0.39, 0.29) is 5.54 Å². The molecule has 0 saturated heterocycles. The molecule has 1 aliphatic heterocycles.